The van der Waals surface area contributed by atoms with Crippen molar-refractivity contribution in [1.29, 1.82) is 0 Å². The van der Waals surface area contributed by atoms with Gasteiger partial charge in [-0.25, -0.2) is 4.79 Å². The van der Waals surface area contributed by atoms with Crippen LogP contribution in [0.2, 0.25) is 0 Å². The fourth-order valence-corrected chi connectivity index (χ4v) is 1.97. The van der Waals surface area contributed by atoms with E-state index in [1.807, 2.05) is 20.8 Å². The number of hydrogen-bond acceptors (Lipinski definition) is 5. The van der Waals surface area contributed by atoms with Crippen molar-refractivity contribution < 1.29 is 14.1 Å². The second-order valence-electron chi connectivity index (χ2n) is 6.73. The second-order valence-corrected chi connectivity index (χ2v) is 6.73. The highest BCUT2D eigenvalue weighted by molar-refractivity contribution is 5.88. The molecule has 0 N–H and O–H groups in total. The van der Waals surface area contributed by atoms with Crippen LogP contribution in [0.15, 0.2) is 16.7 Å². The van der Waals surface area contributed by atoms with E-state index < -0.39 is 11.6 Å². The molecule has 1 heterocycles. The Balaban J connectivity index is 2.54. The van der Waals surface area contributed by atoms with Crippen molar-refractivity contribution in [1.82, 2.24) is 10.1 Å². The van der Waals surface area contributed by atoms with E-state index in [9.17, 15) is 4.79 Å². The molecular weight excluding hydrogens is 280 g/mol. The third kappa shape index (κ3) is 6.41. The summed E-state index contributed by atoms with van der Waals surface area (Å²) in [6.45, 7) is 13.5. The van der Waals surface area contributed by atoms with Crippen LogP contribution >= 0.6 is 0 Å². The van der Waals surface area contributed by atoms with Gasteiger partial charge in [0.25, 0.3) is 0 Å². The van der Waals surface area contributed by atoms with E-state index in [1.165, 1.54) is 12.8 Å². The Morgan fingerprint density at radius 2 is 2.05 bits per heavy atom. The van der Waals surface area contributed by atoms with Gasteiger partial charge in [0.15, 0.2) is 5.82 Å². The van der Waals surface area contributed by atoms with Crippen LogP contribution in [0, 0.1) is 0 Å². The molecule has 5 nitrogen and oxygen atoms in total. The molecule has 124 valence electrons. The van der Waals surface area contributed by atoms with E-state index in [4.69, 9.17) is 9.26 Å². The van der Waals surface area contributed by atoms with E-state index >= 15 is 0 Å². The van der Waals surface area contributed by atoms with Crippen molar-refractivity contribution in [3.8, 4) is 0 Å². The van der Waals surface area contributed by atoms with Crippen molar-refractivity contribution in [3.05, 3.63) is 23.9 Å². The number of hydrogen-bond donors (Lipinski definition) is 0. The number of unbranched alkanes of at least 4 members (excludes halogenated alkanes) is 2. The van der Waals surface area contributed by atoms with E-state index in [0.29, 0.717) is 17.3 Å². The van der Waals surface area contributed by atoms with Gasteiger partial charge in [-0.1, -0.05) is 44.8 Å². The molecule has 1 rings (SSSR count). The molecule has 0 fully saturated rings. The molecule has 0 radical (unpaired) electrons. The Kier molecular flexibility index (Phi) is 6.78. The Morgan fingerprint density at radius 1 is 1.36 bits per heavy atom. The Labute approximate surface area is 133 Å². The monoisotopic (exact) mass is 308 g/mol. The standard InChI is InChI=1S/C17H28N2O3/c1-7-8-9-10-12(2)15-18-14(22-19-15)11-13(3)16(20)21-17(4,5)6/h12H,3,7-11H2,1-2,4-6H3. The van der Waals surface area contributed by atoms with Crippen molar-refractivity contribution >= 4 is 5.97 Å². The Morgan fingerprint density at radius 3 is 2.64 bits per heavy atom. The number of esters is 1. The fourth-order valence-electron chi connectivity index (χ4n) is 1.97. The first-order valence-corrected chi connectivity index (χ1v) is 7.96. The van der Waals surface area contributed by atoms with Crippen LogP contribution in [0.4, 0.5) is 0 Å². The molecule has 0 spiro atoms. The molecule has 0 aliphatic heterocycles. The molecule has 0 saturated carbocycles. The average molecular weight is 308 g/mol. The van der Waals surface area contributed by atoms with Gasteiger partial charge in [-0.15, -0.1) is 0 Å². The topological polar surface area (TPSA) is 65.2 Å². The highest BCUT2D eigenvalue weighted by Gasteiger charge is 2.21. The maximum atomic E-state index is 11.9. The minimum Gasteiger partial charge on any atom is -0.457 e. The fraction of sp³-hybridized carbons (Fsp3) is 0.706. The lowest BCUT2D eigenvalue weighted by molar-refractivity contribution is -0.150. The molecule has 0 amide bonds. The molecule has 1 aromatic heterocycles. The summed E-state index contributed by atoms with van der Waals surface area (Å²) in [7, 11) is 0. The molecular formula is C17H28N2O3. The minimum absolute atomic E-state index is 0.226. The zero-order valence-corrected chi connectivity index (χ0v) is 14.4. The molecule has 1 unspecified atom stereocenters. The zero-order valence-electron chi connectivity index (χ0n) is 14.4. The van der Waals surface area contributed by atoms with Gasteiger partial charge in [-0.2, -0.15) is 4.98 Å². The highest BCUT2D eigenvalue weighted by atomic mass is 16.6. The Bertz CT molecular complexity index is 500. The quantitative estimate of drug-likeness (QED) is 0.409. The highest BCUT2D eigenvalue weighted by Crippen LogP contribution is 2.20. The van der Waals surface area contributed by atoms with Gasteiger partial charge in [-0.05, 0) is 27.2 Å². The zero-order chi connectivity index (χ0) is 16.8. The maximum absolute atomic E-state index is 11.9. The number of rotatable bonds is 8. The maximum Gasteiger partial charge on any atom is 0.334 e. The molecule has 0 aliphatic carbocycles. The van der Waals surface area contributed by atoms with Gasteiger partial charge in [-0.3, -0.25) is 0 Å². The smallest absolute Gasteiger partial charge is 0.334 e. The van der Waals surface area contributed by atoms with Crippen LogP contribution in [0.3, 0.4) is 0 Å². The first kappa shape index (κ1) is 18.4. The number of carbonyl (C=O) groups excluding carboxylic acids is 1. The van der Waals surface area contributed by atoms with Gasteiger partial charge in [0.1, 0.15) is 5.60 Å². The number of ether oxygens (including phenoxy) is 1. The molecule has 1 atom stereocenters. The summed E-state index contributed by atoms with van der Waals surface area (Å²) >= 11 is 0. The number of nitrogens with zero attached hydrogens (tertiary/aromatic N) is 2. The van der Waals surface area contributed by atoms with Crippen LogP contribution in [-0.4, -0.2) is 21.7 Å². The molecule has 22 heavy (non-hydrogen) atoms. The van der Waals surface area contributed by atoms with E-state index in [-0.39, 0.29) is 12.3 Å². The molecule has 0 bridgehead atoms. The largest absolute Gasteiger partial charge is 0.457 e. The van der Waals surface area contributed by atoms with Crippen LogP contribution in [0.5, 0.6) is 0 Å². The SMILES string of the molecule is C=C(Cc1nc(C(C)CCCCC)no1)C(=O)OC(C)(C)C. The minimum atomic E-state index is -0.534. The number of carbonyl (C=O) groups is 1. The van der Waals surface area contributed by atoms with Crippen molar-refractivity contribution in [2.75, 3.05) is 0 Å². The van der Waals surface area contributed by atoms with E-state index in [0.717, 1.165) is 12.8 Å². The van der Waals surface area contributed by atoms with Crippen LogP contribution in [-0.2, 0) is 16.0 Å². The first-order chi connectivity index (χ1) is 10.2. The van der Waals surface area contributed by atoms with Gasteiger partial charge < -0.3 is 9.26 Å². The lowest BCUT2D eigenvalue weighted by atomic mass is 10.0. The summed E-state index contributed by atoms with van der Waals surface area (Å²) in [5, 5.41) is 4.00. The van der Waals surface area contributed by atoms with Crippen molar-refractivity contribution in [2.24, 2.45) is 0 Å². The van der Waals surface area contributed by atoms with Gasteiger partial charge in [0, 0.05) is 11.5 Å². The van der Waals surface area contributed by atoms with E-state index in [2.05, 4.69) is 30.6 Å². The summed E-state index contributed by atoms with van der Waals surface area (Å²) in [4.78, 5) is 16.2. The van der Waals surface area contributed by atoms with Crippen LogP contribution in [0.1, 0.15) is 77.9 Å². The summed E-state index contributed by atoms with van der Waals surface area (Å²) in [6.07, 6.45) is 4.83. The van der Waals surface area contributed by atoms with Crippen LogP contribution < -0.4 is 0 Å². The predicted molar refractivity (Wildman–Crippen MR) is 85.5 cm³/mol. The molecule has 1 aromatic rings. The molecule has 0 saturated heterocycles. The summed E-state index contributed by atoms with van der Waals surface area (Å²) < 4.78 is 10.5. The lowest BCUT2D eigenvalue weighted by Gasteiger charge is -2.19. The van der Waals surface area contributed by atoms with E-state index in [1.54, 1.807) is 0 Å². The summed E-state index contributed by atoms with van der Waals surface area (Å²) in [5.74, 6) is 0.943. The van der Waals surface area contributed by atoms with Crippen molar-refractivity contribution in [3.63, 3.8) is 0 Å². The molecule has 5 heteroatoms. The Hall–Kier alpha value is -1.65. The lowest BCUT2D eigenvalue weighted by Crippen LogP contribution is -2.25. The average Bonchev–Trinajstić information content (AvgIpc) is 2.85. The second kappa shape index (κ2) is 8.11. The third-order valence-corrected chi connectivity index (χ3v) is 3.22. The third-order valence-electron chi connectivity index (χ3n) is 3.22. The normalized spacial score (nSPS) is 13.0. The predicted octanol–water partition coefficient (Wildman–Crippen LogP) is 4.19. The van der Waals surface area contributed by atoms with Crippen LogP contribution in [0.25, 0.3) is 0 Å². The van der Waals surface area contributed by atoms with Crippen molar-refractivity contribution in [2.45, 2.75) is 78.2 Å². The molecule has 0 aromatic carbocycles. The van der Waals surface area contributed by atoms with Gasteiger partial charge >= 0.3 is 5.97 Å². The summed E-state index contributed by atoms with van der Waals surface area (Å²) in [6, 6.07) is 0. The van der Waals surface area contributed by atoms with Gasteiger partial charge in [0.05, 0.1) is 6.42 Å². The first-order valence-electron chi connectivity index (χ1n) is 7.96. The summed E-state index contributed by atoms with van der Waals surface area (Å²) in [5.41, 5.74) is -0.211. The van der Waals surface area contributed by atoms with Gasteiger partial charge in [0.2, 0.25) is 5.89 Å². The number of aromatic nitrogens is 2. The molecule has 0 aliphatic rings.